The molecule has 0 saturated heterocycles. The van der Waals surface area contributed by atoms with Crippen LogP contribution < -0.4 is 0 Å². The van der Waals surface area contributed by atoms with E-state index >= 15 is 0 Å². The zero-order valence-electron chi connectivity index (χ0n) is 9.50. The van der Waals surface area contributed by atoms with Crippen LogP contribution in [0.5, 0.6) is 0 Å². The molecule has 1 atom stereocenters. The SMILES string of the molecule is CCCC1(CO)CCCc2ccccc21. The summed E-state index contributed by atoms with van der Waals surface area (Å²) in [6.45, 7) is 2.51. The molecule has 1 aliphatic carbocycles. The normalized spacial score (nSPS) is 24.9. The minimum absolute atomic E-state index is 0.0591. The van der Waals surface area contributed by atoms with Gasteiger partial charge >= 0.3 is 0 Å². The third kappa shape index (κ3) is 1.81. The molecule has 0 aromatic heterocycles. The van der Waals surface area contributed by atoms with Crippen LogP contribution in [0.4, 0.5) is 0 Å². The Labute approximate surface area is 92.1 Å². The monoisotopic (exact) mass is 204 g/mol. The third-order valence-electron chi connectivity index (χ3n) is 3.72. The summed E-state index contributed by atoms with van der Waals surface area (Å²) in [6, 6.07) is 8.64. The maximum absolute atomic E-state index is 9.72. The van der Waals surface area contributed by atoms with Gasteiger partial charge in [-0.2, -0.15) is 0 Å². The summed E-state index contributed by atoms with van der Waals surface area (Å²) < 4.78 is 0. The van der Waals surface area contributed by atoms with Crippen LogP contribution in [0.1, 0.15) is 43.7 Å². The van der Waals surface area contributed by atoms with E-state index in [9.17, 15) is 5.11 Å². The lowest BCUT2D eigenvalue weighted by atomic mass is 9.68. The first kappa shape index (κ1) is 10.7. The molecule has 0 amide bonds. The number of hydrogen-bond donors (Lipinski definition) is 1. The zero-order chi connectivity index (χ0) is 10.7. The number of hydrogen-bond acceptors (Lipinski definition) is 1. The first-order valence-electron chi connectivity index (χ1n) is 6.01. The molecule has 1 nitrogen and oxygen atoms in total. The van der Waals surface area contributed by atoms with Gasteiger partial charge in [0, 0.05) is 5.41 Å². The lowest BCUT2D eigenvalue weighted by Crippen LogP contribution is -2.34. The second-order valence-electron chi connectivity index (χ2n) is 4.70. The predicted molar refractivity (Wildman–Crippen MR) is 63.1 cm³/mol. The standard InChI is InChI=1S/C14H20O/c1-2-9-14(11-15)10-5-7-12-6-3-4-8-13(12)14/h3-4,6,8,15H,2,5,7,9-11H2,1H3. The average molecular weight is 204 g/mol. The van der Waals surface area contributed by atoms with Crippen LogP contribution in [-0.4, -0.2) is 11.7 Å². The summed E-state index contributed by atoms with van der Waals surface area (Å²) >= 11 is 0. The van der Waals surface area contributed by atoms with Gasteiger partial charge in [0.2, 0.25) is 0 Å². The van der Waals surface area contributed by atoms with Crippen molar-refractivity contribution in [3.63, 3.8) is 0 Å². The first-order chi connectivity index (χ1) is 7.32. The molecular formula is C14H20O. The molecule has 1 heteroatoms. The molecule has 2 rings (SSSR count). The molecule has 1 aromatic rings. The molecule has 0 aliphatic heterocycles. The van der Waals surface area contributed by atoms with Gasteiger partial charge < -0.3 is 5.11 Å². The van der Waals surface area contributed by atoms with Gasteiger partial charge in [-0.1, -0.05) is 37.6 Å². The predicted octanol–water partition coefficient (Wildman–Crippen LogP) is 3.05. The Bertz CT molecular complexity index is 332. The molecule has 0 saturated carbocycles. The highest BCUT2D eigenvalue weighted by Gasteiger charge is 2.34. The van der Waals surface area contributed by atoms with E-state index in [0.717, 1.165) is 19.3 Å². The van der Waals surface area contributed by atoms with Gasteiger partial charge in [0.25, 0.3) is 0 Å². The van der Waals surface area contributed by atoms with Crippen molar-refractivity contribution in [3.8, 4) is 0 Å². The minimum atomic E-state index is 0.0591. The van der Waals surface area contributed by atoms with E-state index in [1.54, 1.807) is 0 Å². The fourth-order valence-electron chi connectivity index (χ4n) is 2.99. The first-order valence-corrected chi connectivity index (χ1v) is 6.01. The van der Waals surface area contributed by atoms with Crippen LogP contribution in [0.2, 0.25) is 0 Å². The van der Waals surface area contributed by atoms with Crippen molar-refractivity contribution in [3.05, 3.63) is 35.4 Å². The van der Waals surface area contributed by atoms with E-state index in [2.05, 4.69) is 31.2 Å². The second kappa shape index (κ2) is 4.36. The molecule has 1 unspecified atom stereocenters. The van der Waals surface area contributed by atoms with Crippen molar-refractivity contribution >= 4 is 0 Å². The average Bonchev–Trinajstić information content (AvgIpc) is 2.30. The topological polar surface area (TPSA) is 20.2 Å². The summed E-state index contributed by atoms with van der Waals surface area (Å²) in [5.41, 5.74) is 2.91. The van der Waals surface area contributed by atoms with Crippen LogP contribution >= 0.6 is 0 Å². The molecule has 0 heterocycles. The van der Waals surface area contributed by atoms with Crippen LogP contribution in [0, 0.1) is 0 Å². The smallest absolute Gasteiger partial charge is 0.0528 e. The molecule has 1 aromatic carbocycles. The Kier molecular flexibility index (Phi) is 3.11. The number of fused-ring (bicyclic) bond motifs is 1. The van der Waals surface area contributed by atoms with E-state index in [-0.39, 0.29) is 5.41 Å². The van der Waals surface area contributed by atoms with E-state index in [1.165, 1.54) is 24.0 Å². The van der Waals surface area contributed by atoms with Gasteiger partial charge in [-0.05, 0) is 36.8 Å². The van der Waals surface area contributed by atoms with Crippen LogP contribution in [0.3, 0.4) is 0 Å². The second-order valence-corrected chi connectivity index (χ2v) is 4.70. The summed E-state index contributed by atoms with van der Waals surface area (Å²) in [5, 5.41) is 9.72. The molecule has 0 bridgehead atoms. The number of rotatable bonds is 3. The van der Waals surface area contributed by atoms with Crippen molar-refractivity contribution in [2.75, 3.05) is 6.61 Å². The van der Waals surface area contributed by atoms with E-state index in [0.29, 0.717) is 6.61 Å². The summed E-state index contributed by atoms with van der Waals surface area (Å²) in [6.07, 6.45) is 5.81. The maximum Gasteiger partial charge on any atom is 0.0528 e. The van der Waals surface area contributed by atoms with E-state index in [1.807, 2.05) is 0 Å². The Hall–Kier alpha value is -0.820. The summed E-state index contributed by atoms with van der Waals surface area (Å²) in [7, 11) is 0. The van der Waals surface area contributed by atoms with E-state index in [4.69, 9.17) is 0 Å². The highest BCUT2D eigenvalue weighted by atomic mass is 16.3. The van der Waals surface area contributed by atoms with Crippen LogP contribution in [0.25, 0.3) is 0 Å². The molecular weight excluding hydrogens is 184 g/mol. The fourth-order valence-corrected chi connectivity index (χ4v) is 2.99. The van der Waals surface area contributed by atoms with Gasteiger partial charge in [-0.25, -0.2) is 0 Å². The molecule has 82 valence electrons. The van der Waals surface area contributed by atoms with E-state index < -0.39 is 0 Å². The summed E-state index contributed by atoms with van der Waals surface area (Å²) in [4.78, 5) is 0. The van der Waals surface area contributed by atoms with Gasteiger partial charge in [0.1, 0.15) is 0 Å². The quantitative estimate of drug-likeness (QED) is 0.802. The largest absolute Gasteiger partial charge is 0.395 e. The highest BCUT2D eigenvalue weighted by molar-refractivity contribution is 5.36. The Morgan fingerprint density at radius 1 is 1.33 bits per heavy atom. The molecule has 1 aliphatic rings. The fraction of sp³-hybridized carbons (Fsp3) is 0.571. The Morgan fingerprint density at radius 3 is 2.87 bits per heavy atom. The van der Waals surface area contributed by atoms with Crippen molar-refractivity contribution in [1.29, 1.82) is 0 Å². The zero-order valence-corrected chi connectivity index (χ0v) is 9.50. The summed E-state index contributed by atoms with van der Waals surface area (Å²) in [5.74, 6) is 0. The highest BCUT2D eigenvalue weighted by Crippen LogP contribution is 2.40. The molecule has 15 heavy (non-hydrogen) atoms. The van der Waals surface area contributed by atoms with Crippen LogP contribution in [-0.2, 0) is 11.8 Å². The van der Waals surface area contributed by atoms with Gasteiger partial charge in [-0.3, -0.25) is 0 Å². The molecule has 0 spiro atoms. The lowest BCUT2D eigenvalue weighted by molar-refractivity contribution is 0.164. The number of aryl methyl sites for hydroxylation is 1. The molecule has 0 fully saturated rings. The van der Waals surface area contributed by atoms with Crippen molar-refractivity contribution in [1.82, 2.24) is 0 Å². The Morgan fingerprint density at radius 2 is 2.13 bits per heavy atom. The minimum Gasteiger partial charge on any atom is -0.395 e. The lowest BCUT2D eigenvalue weighted by Gasteiger charge is -2.37. The number of benzene rings is 1. The Balaban J connectivity index is 2.42. The van der Waals surface area contributed by atoms with Crippen molar-refractivity contribution in [2.24, 2.45) is 0 Å². The van der Waals surface area contributed by atoms with Crippen molar-refractivity contribution in [2.45, 2.75) is 44.4 Å². The maximum atomic E-state index is 9.72. The van der Waals surface area contributed by atoms with Gasteiger partial charge in [0.05, 0.1) is 6.61 Å². The van der Waals surface area contributed by atoms with Gasteiger partial charge in [0.15, 0.2) is 0 Å². The third-order valence-corrected chi connectivity index (χ3v) is 3.72. The number of aliphatic hydroxyl groups excluding tert-OH is 1. The molecule has 0 radical (unpaired) electrons. The van der Waals surface area contributed by atoms with Gasteiger partial charge in [-0.15, -0.1) is 0 Å². The van der Waals surface area contributed by atoms with Crippen LogP contribution in [0.15, 0.2) is 24.3 Å². The number of aliphatic hydroxyl groups is 1. The molecule has 1 N–H and O–H groups in total. The van der Waals surface area contributed by atoms with Crippen molar-refractivity contribution < 1.29 is 5.11 Å².